The fourth-order valence-electron chi connectivity index (χ4n) is 1.22. The Morgan fingerprint density at radius 2 is 2.36 bits per heavy atom. The molecule has 1 aromatic heterocycles. The van der Waals surface area contributed by atoms with E-state index in [1.807, 2.05) is 18.3 Å². The van der Waals surface area contributed by atoms with Crippen LogP contribution in [0.2, 0.25) is 0 Å². The Balaban J connectivity index is 2.44. The van der Waals surface area contributed by atoms with Gasteiger partial charge < -0.3 is 0 Å². The summed E-state index contributed by atoms with van der Waals surface area (Å²) < 4.78 is 0. The van der Waals surface area contributed by atoms with E-state index in [0.29, 0.717) is 5.92 Å². The Kier molecular flexibility index (Phi) is 1.40. The molecule has 0 radical (unpaired) electrons. The van der Waals surface area contributed by atoms with E-state index in [9.17, 15) is 0 Å². The highest BCUT2D eigenvalue weighted by molar-refractivity contribution is 5.38. The average molecular weight is 143 g/mol. The molecule has 0 saturated heterocycles. The number of rotatable bonds is 1. The lowest BCUT2D eigenvalue weighted by Gasteiger charge is -1.98. The van der Waals surface area contributed by atoms with Gasteiger partial charge in [0.1, 0.15) is 0 Å². The topological polar surface area (TPSA) is 12.9 Å². The van der Waals surface area contributed by atoms with Crippen molar-refractivity contribution in [3.8, 4) is 12.3 Å². The maximum Gasteiger partial charge on any atom is 0.0590 e. The Bertz CT molecular complexity index is 305. The first-order valence-corrected chi connectivity index (χ1v) is 3.83. The average Bonchev–Trinajstić information content (AvgIpc) is 2.87. The lowest BCUT2D eigenvalue weighted by Crippen LogP contribution is -1.89. The Labute approximate surface area is 66.5 Å². The summed E-state index contributed by atoms with van der Waals surface area (Å²) >= 11 is 0. The van der Waals surface area contributed by atoms with Gasteiger partial charge in [-0.2, -0.15) is 0 Å². The molecule has 54 valence electrons. The molecule has 2 rings (SSSR count). The van der Waals surface area contributed by atoms with Crippen LogP contribution in [0.15, 0.2) is 18.3 Å². The zero-order valence-corrected chi connectivity index (χ0v) is 6.25. The molecule has 0 amide bonds. The van der Waals surface area contributed by atoms with Crippen LogP contribution in [0.1, 0.15) is 30.0 Å². The molecule has 1 aliphatic carbocycles. The summed E-state index contributed by atoms with van der Waals surface area (Å²) in [4.78, 5) is 4.27. The second-order valence-corrected chi connectivity index (χ2v) is 2.85. The summed E-state index contributed by atoms with van der Waals surface area (Å²) in [6.45, 7) is 0. The third kappa shape index (κ3) is 1.12. The van der Waals surface area contributed by atoms with Gasteiger partial charge in [-0.1, -0.05) is 5.92 Å². The van der Waals surface area contributed by atoms with Crippen molar-refractivity contribution in [3.63, 3.8) is 0 Å². The molecule has 11 heavy (non-hydrogen) atoms. The number of hydrogen-bond donors (Lipinski definition) is 0. The second-order valence-electron chi connectivity index (χ2n) is 2.85. The summed E-state index contributed by atoms with van der Waals surface area (Å²) in [6, 6.07) is 3.85. The third-order valence-corrected chi connectivity index (χ3v) is 1.96. The van der Waals surface area contributed by atoms with Crippen LogP contribution in [0.25, 0.3) is 0 Å². The minimum atomic E-state index is 0.655. The van der Waals surface area contributed by atoms with Gasteiger partial charge in [-0.25, -0.2) is 0 Å². The van der Waals surface area contributed by atoms with E-state index in [1.165, 1.54) is 12.8 Å². The van der Waals surface area contributed by atoms with Gasteiger partial charge in [-0.15, -0.1) is 6.42 Å². The predicted molar refractivity (Wildman–Crippen MR) is 44.1 cm³/mol. The van der Waals surface area contributed by atoms with Crippen LogP contribution in [0.5, 0.6) is 0 Å². The van der Waals surface area contributed by atoms with Crippen molar-refractivity contribution in [3.05, 3.63) is 29.6 Å². The van der Waals surface area contributed by atoms with Crippen LogP contribution in [0.4, 0.5) is 0 Å². The highest BCUT2D eigenvalue weighted by Crippen LogP contribution is 2.40. The Morgan fingerprint density at radius 3 is 3.00 bits per heavy atom. The molecule has 1 saturated carbocycles. The maximum absolute atomic E-state index is 5.33. The van der Waals surface area contributed by atoms with E-state index in [0.717, 1.165) is 11.3 Å². The largest absolute Gasteiger partial charge is 0.260 e. The quantitative estimate of drug-likeness (QED) is 0.547. The summed E-state index contributed by atoms with van der Waals surface area (Å²) in [7, 11) is 0. The second kappa shape index (κ2) is 2.39. The molecular weight excluding hydrogens is 134 g/mol. The van der Waals surface area contributed by atoms with Crippen molar-refractivity contribution in [2.24, 2.45) is 0 Å². The van der Waals surface area contributed by atoms with E-state index < -0.39 is 0 Å². The van der Waals surface area contributed by atoms with Crippen molar-refractivity contribution in [2.45, 2.75) is 18.8 Å². The number of pyridine rings is 1. The lowest BCUT2D eigenvalue weighted by molar-refractivity contribution is 1.01. The van der Waals surface area contributed by atoms with Crippen molar-refractivity contribution in [2.75, 3.05) is 0 Å². The lowest BCUT2D eigenvalue weighted by atomic mass is 10.1. The van der Waals surface area contributed by atoms with Crippen molar-refractivity contribution in [1.82, 2.24) is 4.98 Å². The number of aromatic nitrogens is 1. The van der Waals surface area contributed by atoms with Crippen molar-refractivity contribution < 1.29 is 0 Å². The first-order chi connectivity index (χ1) is 5.42. The minimum Gasteiger partial charge on any atom is -0.260 e. The Hall–Kier alpha value is -1.29. The van der Waals surface area contributed by atoms with Crippen LogP contribution in [0.3, 0.4) is 0 Å². The SMILES string of the molecule is C#Cc1cccnc1C1CC1. The monoisotopic (exact) mass is 143 g/mol. The molecule has 1 nitrogen and oxygen atoms in total. The molecule has 0 atom stereocenters. The van der Waals surface area contributed by atoms with Gasteiger partial charge in [0.2, 0.25) is 0 Å². The summed E-state index contributed by atoms with van der Waals surface area (Å²) in [6.07, 6.45) is 9.65. The van der Waals surface area contributed by atoms with Crippen LogP contribution in [-0.2, 0) is 0 Å². The van der Waals surface area contributed by atoms with E-state index >= 15 is 0 Å². The van der Waals surface area contributed by atoms with Gasteiger partial charge in [0.05, 0.1) is 5.69 Å². The summed E-state index contributed by atoms with van der Waals surface area (Å²) in [5.41, 5.74) is 2.09. The fourth-order valence-corrected chi connectivity index (χ4v) is 1.22. The standard InChI is InChI=1S/C10H9N/c1-2-8-4-3-7-11-10(8)9-5-6-9/h1,3-4,7,9H,5-6H2. The molecule has 0 spiro atoms. The van der Waals surface area contributed by atoms with Gasteiger partial charge in [-0.3, -0.25) is 4.98 Å². The van der Waals surface area contributed by atoms with E-state index in [1.54, 1.807) is 0 Å². The molecule has 1 heteroatoms. The molecule has 1 aliphatic rings. The minimum absolute atomic E-state index is 0.655. The molecular formula is C10H9N. The molecule has 0 aromatic carbocycles. The zero-order valence-electron chi connectivity index (χ0n) is 6.25. The smallest absolute Gasteiger partial charge is 0.0590 e. The molecule has 0 N–H and O–H groups in total. The molecule has 0 aliphatic heterocycles. The molecule has 0 unspecified atom stereocenters. The summed E-state index contributed by atoms with van der Waals surface area (Å²) in [5, 5.41) is 0. The predicted octanol–water partition coefficient (Wildman–Crippen LogP) is 1.94. The van der Waals surface area contributed by atoms with Crippen molar-refractivity contribution in [1.29, 1.82) is 0 Å². The normalized spacial score (nSPS) is 15.9. The highest BCUT2D eigenvalue weighted by atomic mass is 14.7. The number of terminal acetylenes is 1. The van der Waals surface area contributed by atoms with Gasteiger partial charge in [0.25, 0.3) is 0 Å². The number of hydrogen-bond acceptors (Lipinski definition) is 1. The van der Waals surface area contributed by atoms with Crippen LogP contribution >= 0.6 is 0 Å². The molecule has 1 aromatic rings. The van der Waals surface area contributed by atoms with Crippen LogP contribution in [0, 0.1) is 12.3 Å². The van der Waals surface area contributed by atoms with Crippen LogP contribution in [-0.4, -0.2) is 4.98 Å². The van der Waals surface area contributed by atoms with E-state index in [4.69, 9.17) is 6.42 Å². The fraction of sp³-hybridized carbons (Fsp3) is 0.300. The van der Waals surface area contributed by atoms with Crippen molar-refractivity contribution >= 4 is 0 Å². The van der Waals surface area contributed by atoms with Gasteiger partial charge in [0.15, 0.2) is 0 Å². The number of nitrogens with zero attached hydrogens (tertiary/aromatic N) is 1. The van der Waals surface area contributed by atoms with E-state index in [2.05, 4.69) is 10.9 Å². The maximum atomic E-state index is 5.33. The highest BCUT2D eigenvalue weighted by Gasteiger charge is 2.26. The van der Waals surface area contributed by atoms with E-state index in [-0.39, 0.29) is 0 Å². The third-order valence-electron chi connectivity index (χ3n) is 1.96. The Morgan fingerprint density at radius 1 is 1.55 bits per heavy atom. The van der Waals surface area contributed by atoms with Gasteiger partial charge in [-0.05, 0) is 25.0 Å². The van der Waals surface area contributed by atoms with Gasteiger partial charge >= 0.3 is 0 Å². The molecule has 1 fully saturated rings. The van der Waals surface area contributed by atoms with Crippen LogP contribution < -0.4 is 0 Å². The zero-order chi connectivity index (χ0) is 7.68. The summed E-state index contributed by atoms with van der Waals surface area (Å²) in [5.74, 6) is 3.31. The first-order valence-electron chi connectivity index (χ1n) is 3.83. The van der Waals surface area contributed by atoms with Gasteiger partial charge in [0, 0.05) is 17.7 Å². The molecule has 0 bridgehead atoms. The first kappa shape index (κ1) is 6.42. The molecule has 1 heterocycles.